The van der Waals surface area contributed by atoms with Gasteiger partial charge in [0.2, 0.25) is 0 Å². The van der Waals surface area contributed by atoms with Crippen LogP contribution in [0, 0.1) is 5.82 Å². The van der Waals surface area contributed by atoms with Crippen molar-refractivity contribution in [3.05, 3.63) is 35.6 Å². The van der Waals surface area contributed by atoms with E-state index in [0.717, 1.165) is 18.1 Å². The largest absolute Gasteiger partial charge is 0.375 e. The molecular weight excluding hydrogens is 257 g/mol. The van der Waals surface area contributed by atoms with Crippen LogP contribution in [-0.2, 0) is 4.74 Å². The zero-order valence-corrected chi connectivity index (χ0v) is 12.6. The third-order valence-corrected chi connectivity index (χ3v) is 2.71. The average molecular weight is 281 g/mol. The van der Waals surface area contributed by atoms with Crippen molar-refractivity contribution in [1.82, 2.24) is 10.6 Å². The van der Waals surface area contributed by atoms with E-state index in [1.54, 1.807) is 19.2 Å². The van der Waals surface area contributed by atoms with E-state index in [1.807, 2.05) is 6.92 Å². The van der Waals surface area contributed by atoms with Crippen LogP contribution in [0.1, 0.15) is 32.4 Å². The molecule has 0 heterocycles. The number of nitrogens with one attached hydrogen (secondary N) is 2. The lowest BCUT2D eigenvalue weighted by molar-refractivity contribution is 0.111. The standard InChI is InChI=1S/C15H24FN3O/c1-5-17-15(19-11(2)3)18-10-14(20-4)12-6-8-13(16)9-7-12/h6-9,11,14H,5,10H2,1-4H3,(H2,17,18,19). The zero-order valence-electron chi connectivity index (χ0n) is 12.6. The molecule has 1 aromatic rings. The highest BCUT2D eigenvalue weighted by molar-refractivity contribution is 5.80. The summed E-state index contributed by atoms with van der Waals surface area (Å²) < 4.78 is 18.3. The van der Waals surface area contributed by atoms with E-state index in [2.05, 4.69) is 29.5 Å². The van der Waals surface area contributed by atoms with E-state index in [4.69, 9.17) is 4.74 Å². The molecule has 20 heavy (non-hydrogen) atoms. The number of rotatable bonds is 6. The Morgan fingerprint density at radius 3 is 2.45 bits per heavy atom. The molecule has 0 saturated heterocycles. The van der Waals surface area contributed by atoms with Gasteiger partial charge in [0, 0.05) is 19.7 Å². The number of benzene rings is 1. The highest BCUT2D eigenvalue weighted by atomic mass is 19.1. The van der Waals surface area contributed by atoms with E-state index in [1.165, 1.54) is 12.1 Å². The second kappa shape index (κ2) is 8.53. The van der Waals surface area contributed by atoms with Crippen LogP contribution in [0.15, 0.2) is 29.3 Å². The Kier molecular flexibility index (Phi) is 7.01. The fourth-order valence-corrected chi connectivity index (χ4v) is 1.76. The number of hydrogen-bond acceptors (Lipinski definition) is 2. The first-order chi connectivity index (χ1) is 9.56. The van der Waals surface area contributed by atoms with Crippen molar-refractivity contribution in [2.75, 3.05) is 20.2 Å². The number of ether oxygens (including phenoxy) is 1. The number of methoxy groups -OCH3 is 1. The van der Waals surface area contributed by atoms with Crippen molar-refractivity contribution in [3.63, 3.8) is 0 Å². The first kappa shape index (κ1) is 16.4. The van der Waals surface area contributed by atoms with Crippen molar-refractivity contribution in [3.8, 4) is 0 Å². The van der Waals surface area contributed by atoms with Crippen LogP contribution in [-0.4, -0.2) is 32.2 Å². The highest BCUT2D eigenvalue weighted by Gasteiger charge is 2.10. The predicted octanol–water partition coefficient (Wildman–Crippen LogP) is 2.48. The van der Waals surface area contributed by atoms with Gasteiger partial charge in [-0.3, -0.25) is 4.99 Å². The molecule has 0 radical (unpaired) electrons. The van der Waals surface area contributed by atoms with Crippen LogP contribution in [0.2, 0.25) is 0 Å². The third kappa shape index (κ3) is 5.57. The number of nitrogens with zero attached hydrogens (tertiary/aromatic N) is 1. The van der Waals surface area contributed by atoms with Gasteiger partial charge in [0.05, 0.1) is 6.54 Å². The molecule has 0 bridgehead atoms. The van der Waals surface area contributed by atoms with Crippen LogP contribution in [0.3, 0.4) is 0 Å². The van der Waals surface area contributed by atoms with Crippen LogP contribution >= 0.6 is 0 Å². The van der Waals surface area contributed by atoms with Crippen LogP contribution < -0.4 is 10.6 Å². The van der Waals surface area contributed by atoms with Gasteiger partial charge in [-0.2, -0.15) is 0 Å². The third-order valence-electron chi connectivity index (χ3n) is 2.71. The smallest absolute Gasteiger partial charge is 0.191 e. The minimum Gasteiger partial charge on any atom is -0.375 e. The number of halogens is 1. The second-order valence-electron chi connectivity index (χ2n) is 4.79. The maximum Gasteiger partial charge on any atom is 0.191 e. The molecule has 0 saturated carbocycles. The lowest BCUT2D eigenvalue weighted by Crippen LogP contribution is -2.41. The Hall–Kier alpha value is -1.62. The summed E-state index contributed by atoms with van der Waals surface area (Å²) in [4.78, 5) is 4.50. The van der Waals surface area contributed by atoms with Gasteiger partial charge in [0.15, 0.2) is 5.96 Å². The maximum absolute atomic E-state index is 12.9. The SMILES string of the molecule is CCNC(=NCC(OC)c1ccc(F)cc1)NC(C)C. The first-order valence-corrected chi connectivity index (χ1v) is 6.90. The molecule has 0 amide bonds. The van der Waals surface area contributed by atoms with Crippen molar-refractivity contribution < 1.29 is 9.13 Å². The average Bonchev–Trinajstić information content (AvgIpc) is 2.41. The minimum absolute atomic E-state index is 0.182. The van der Waals surface area contributed by atoms with E-state index in [9.17, 15) is 4.39 Å². The summed E-state index contributed by atoms with van der Waals surface area (Å²) in [5.74, 6) is 0.508. The van der Waals surface area contributed by atoms with Gasteiger partial charge < -0.3 is 15.4 Å². The topological polar surface area (TPSA) is 45.7 Å². The molecule has 0 aromatic heterocycles. The first-order valence-electron chi connectivity index (χ1n) is 6.90. The molecule has 0 fully saturated rings. The van der Waals surface area contributed by atoms with Crippen molar-refractivity contribution in [2.24, 2.45) is 4.99 Å². The molecule has 1 rings (SSSR count). The van der Waals surface area contributed by atoms with Crippen molar-refractivity contribution >= 4 is 5.96 Å². The Labute approximate surface area is 120 Å². The lowest BCUT2D eigenvalue weighted by Gasteiger charge is -2.17. The van der Waals surface area contributed by atoms with Crippen LogP contribution in [0.25, 0.3) is 0 Å². The predicted molar refractivity (Wildman–Crippen MR) is 80.4 cm³/mol. The summed E-state index contributed by atoms with van der Waals surface area (Å²) in [6, 6.07) is 6.62. The van der Waals surface area contributed by atoms with Crippen molar-refractivity contribution in [2.45, 2.75) is 32.9 Å². The molecule has 0 spiro atoms. The summed E-state index contributed by atoms with van der Waals surface area (Å²) >= 11 is 0. The van der Waals surface area contributed by atoms with E-state index >= 15 is 0 Å². The molecule has 0 aliphatic heterocycles. The van der Waals surface area contributed by atoms with E-state index < -0.39 is 0 Å². The molecule has 0 aliphatic rings. The summed E-state index contributed by atoms with van der Waals surface area (Å²) in [6.45, 7) is 7.41. The van der Waals surface area contributed by atoms with Gasteiger partial charge in [-0.15, -0.1) is 0 Å². The molecule has 1 unspecified atom stereocenters. The number of guanidine groups is 1. The fraction of sp³-hybridized carbons (Fsp3) is 0.533. The number of hydrogen-bond donors (Lipinski definition) is 2. The van der Waals surface area contributed by atoms with Gasteiger partial charge in [0.25, 0.3) is 0 Å². The summed E-state index contributed by atoms with van der Waals surface area (Å²) in [6.07, 6.45) is -0.182. The van der Waals surface area contributed by atoms with Crippen LogP contribution in [0.5, 0.6) is 0 Å². The fourth-order valence-electron chi connectivity index (χ4n) is 1.76. The zero-order chi connectivity index (χ0) is 15.0. The van der Waals surface area contributed by atoms with E-state index in [0.29, 0.717) is 12.6 Å². The van der Waals surface area contributed by atoms with Gasteiger partial charge >= 0.3 is 0 Å². The van der Waals surface area contributed by atoms with Gasteiger partial charge in [-0.25, -0.2) is 4.39 Å². The molecule has 1 atom stereocenters. The molecule has 0 aliphatic carbocycles. The molecule has 1 aromatic carbocycles. The van der Waals surface area contributed by atoms with Gasteiger partial charge in [0.1, 0.15) is 11.9 Å². The van der Waals surface area contributed by atoms with Gasteiger partial charge in [-0.05, 0) is 38.5 Å². The summed E-state index contributed by atoms with van der Waals surface area (Å²) in [5.41, 5.74) is 0.915. The highest BCUT2D eigenvalue weighted by Crippen LogP contribution is 2.17. The Bertz CT molecular complexity index is 418. The summed E-state index contributed by atoms with van der Waals surface area (Å²) in [5, 5.41) is 6.42. The minimum atomic E-state index is -0.248. The molecule has 5 heteroatoms. The van der Waals surface area contributed by atoms with E-state index in [-0.39, 0.29) is 11.9 Å². The van der Waals surface area contributed by atoms with Crippen molar-refractivity contribution in [1.29, 1.82) is 0 Å². The quantitative estimate of drug-likeness (QED) is 0.622. The van der Waals surface area contributed by atoms with Gasteiger partial charge in [-0.1, -0.05) is 12.1 Å². The molecule has 2 N–H and O–H groups in total. The number of aliphatic imine (C=N–C) groups is 1. The Morgan fingerprint density at radius 2 is 1.95 bits per heavy atom. The molecule has 112 valence electrons. The Morgan fingerprint density at radius 1 is 1.30 bits per heavy atom. The Balaban J connectivity index is 2.73. The molecular formula is C15H24FN3O. The lowest BCUT2D eigenvalue weighted by atomic mass is 10.1. The van der Waals surface area contributed by atoms with Crippen LogP contribution in [0.4, 0.5) is 4.39 Å². The normalized spacial score (nSPS) is 13.4. The molecule has 4 nitrogen and oxygen atoms in total. The monoisotopic (exact) mass is 281 g/mol. The maximum atomic E-state index is 12.9. The second-order valence-corrected chi connectivity index (χ2v) is 4.79. The summed E-state index contributed by atoms with van der Waals surface area (Å²) in [7, 11) is 1.63.